The van der Waals surface area contributed by atoms with Gasteiger partial charge in [0.2, 0.25) is 0 Å². The molecule has 1 aliphatic carbocycles. The molecular weight excluding hydrogens is 239 g/mol. The van der Waals surface area contributed by atoms with E-state index in [1.807, 2.05) is 0 Å². The molecule has 0 atom stereocenters. The van der Waals surface area contributed by atoms with E-state index in [-0.39, 0.29) is 39.2 Å². The molecule has 4 nitrogen and oxygen atoms in total. The minimum Gasteiger partial charge on any atom is -0.464 e. The van der Waals surface area contributed by atoms with Crippen LogP contribution >= 0.6 is 0 Å². The van der Waals surface area contributed by atoms with Gasteiger partial charge in [0.1, 0.15) is 12.1 Å². The average molecular weight is 255 g/mol. The molecule has 1 aliphatic rings. The van der Waals surface area contributed by atoms with E-state index in [2.05, 4.69) is 10.1 Å². The number of carbonyl (C=O) groups is 1. The monoisotopic (exact) mass is 255 g/mol. The zero-order valence-electron chi connectivity index (χ0n) is 9.60. The van der Waals surface area contributed by atoms with Gasteiger partial charge in [-0.15, -0.1) is 0 Å². The SMILES string of the molecule is CCOC(=O)COCCNC1(C(F)(F)F)CC1. The van der Waals surface area contributed by atoms with Gasteiger partial charge in [0.05, 0.1) is 13.2 Å². The minimum atomic E-state index is -4.21. The number of hydrogen-bond donors (Lipinski definition) is 1. The molecule has 1 rings (SSSR count). The normalized spacial score (nSPS) is 17.9. The van der Waals surface area contributed by atoms with E-state index in [9.17, 15) is 18.0 Å². The Balaban J connectivity index is 2.07. The van der Waals surface area contributed by atoms with Crippen LogP contribution in [0, 0.1) is 0 Å². The number of halogens is 3. The molecule has 1 fully saturated rings. The second-order valence-corrected chi connectivity index (χ2v) is 3.86. The lowest BCUT2D eigenvalue weighted by Crippen LogP contribution is -2.46. The Morgan fingerprint density at radius 2 is 2.06 bits per heavy atom. The van der Waals surface area contributed by atoms with Gasteiger partial charge in [-0.05, 0) is 19.8 Å². The summed E-state index contributed by atoms with van der Waals surface area (Å²) in [5.74, 6) is -0.510. The van der Waals surface area contributed by atoms with Gasteiger partial charge in [-0.1, -0.05) is 0 Å². The zero-order chi connectivity index (χ0) is 12.9. The number of rotatable bonds is 7. The topological polar surface area (TPSA) is 47.6 Å². The van der Waals surface area contributed by atoms with Crippen LogP contribution in [-0.2, 0) is 14.3 Å². The number of hydrogen-bond acceptors (Lipinski definition) is 4. The molecule has 0 saturated heterocycles. The van der Waals surface area contributed by atoms with E-state index in [1.54, 1.807) is 6.92 Å². The first-order chi connectivity index (χ1) is 7.91. The van der Waals surface area contributed by atoms with E-state index in [1.165, 1.54) is 0 Å². The van der Waals surface area contributed by atoms with Gasteiger partial charge in [0.15, 0.2) is 0 Å². The summed E-state index contributed by atoms with van der Waals surface area (Å²) in [6.45, 7) is 1.82. The zero-order valence-corrected chi connectivity index (χ0v) is 9.60. The van der Waals surface area contributed by atoms with Crippen molar-refractivity contribution in [3.63, 3.8) is 0 Å². The molecule has 0 unspecified atom stereocenters. The summed E-state index contributed by atoms with van der Waals surface area (Å²) in [5, 5.41) is 2.41. The molecule has 0 aromatic heterocycles. The van der Waals surface area contributed by atoms with E-state index in [4.69, 9.17) is 4.74 Å². The molecule has 0 aliphatic heterocycles. The van der Waals surface area contributed by atoms with E-state index in [0.717, 1.165) is 0 Å². The summed E-state index contributed by atoms with van der Waals surface area (Å²) in [6, 6.07) is 0. The van der Waals surface area contributed by atoms with Crippen molar-refractivity contribution in [3.05, 3.63) is 0 Å². The lowest BCUT2D eigenvalue weighted by molar-refractivity contribution is -0.166. The first kappa shape index (κ1) is 14.2. The van der Waals surface area contributed by atoms with Crippen molar-refractivity contribution in [3.8, 4) is 0 Å². The number of alkyl halides is 3. The highest BCUT2D eigenvalue weighted by Gasteiger charge is 2.62. The summed E-state index contributed by atoms with van der Waals surface area (Å²) >= 11 is 0. The highest BCUT2D eigenvalue weighted by atomic mass is 19.4. The predicted octanol–water partition coefficient (Wildman–Crippen LogP) is 1.25. The lowest BCUT2D eigenvalue weighted by Gasteiger charge is -2.20. The Bertz CT molecular complexity index is 264. The van der Waals surface area contributed by atoms with Crippen molar-refractivity contribution >= 4 is 5.97 Å². The van der Waals surface area contributed by atoms with E-state index in [0.29, 0.717) is 0 Å². The Kier molecular flexibility index (Phi) is 4.76. The molecule has 0 bridgehead atoms. The molecular formula is C10H16F3NO3. The van der Waals surface area contributed by atoms with Crippen LogP contribution in [0.1, 0.15) is 19.8 Å². The van der Waals surface area contributed by atoms with Crippen molar-refractivity contribution in [2.75, 3.05) is 26.4 Å². The maximum Gasteiger partial charge on any atom is 0.406 e. The van der Waals surface area contributed by atoms with Crippen LogP contribution in [0.15, 0.2) is 0 Å². The average Bonchev–Trinajstić information content (AvgIpc) is 2.98. The van der Waals surface area contributed by atoms with Crippen LogP contribution in [-0.4, -0.2) is 44.0 Å². The summed E-state index contributed by atoms with van der Waals surface area (Å²) in [6.07, 6.45) is -4.00. The van der Waals surface area contributed by atoms with Gasteiger partial charge in [-0.2, -0.15) is 13.2 Å². The Morgan fingerprint density at radius 3 is 2.53 bits per heavy atom. The van der Waals surface area contributed by atoms with Crippen LogP contribution in [0.3, 0.4) is 0 Å². The molecule has 0 heterocycles. The van der Waals surface area contributed by atoms with E-state index >= 15 is 0 Å². The van der Waals surface area contributed by atoms with Gasteiger partial charge in [0, 0.05) is 6.54 Å². The van der Waals surface area contributed by atoms with Gasteiger partial charge in [-0.3, -0.25) is 0 Å². The largest absolute Gasteiger partial charge is 0.464 e. The molecule has 0 aromatic rings. The maximum absolute atomic E-state index is 12.5. The van der Waals surface area contributed by atoms with Crippen molar-refractivity contribution in [2.24, 2.45) is 0 Å². The van der Waals surface area contributed by atoms with Crippen LogP contribution in [0.2, 0.25) is 0 Å². The summed E-state index contributed by atoms with van der Waals surface area (Å²) in [5.41, 5.74) is -1.72. The van der Waals surface area contributed by atoms with Crippen LogP contribution in [0.25, 0.3) is 0 Å². The molecule has 0 aromatic carbocycles. The highest BCUT2D eigenvalue weighted by Crippen LogP contribution is 2.48. The van der Waals surface area contributed by atoms with Crippen LogP contribution < -0.4 is 5.32 Å². The van der Waals surface area contributed by atoms with Crippen molar-refractivity contribution in [2.45, 2.75) is 31.5 Å². The van der Waals surface area contributed by atoms with Crippen molar-refractivity contribution in [1.29, 1.82) is 0 Å². The van der Waals surface area contributed by atoms with Gasteiger partial charge in [0.25, 0.3) is 0 Å². The third kappa shape index (κ3) is 4.16. The van der Waals surface area contributed by atoms with Gasteiger partial charge < -0.3 is 14.8 Å². The van der Waals surface area contributed by atoms with Crippen molar-refractivity contribution in [1.82, 2.24) is 5.32 Å². The fourth-order valence-corrected chi connectivity index (χ4v) is 1.41. The third-order valence-corrected chi connectivity index (χ3v) is 2.53. The summed E-state index contributed by atoms with van der Waals surface area (Å²) in [7, 11) is 0. The Labute approximate surface area is 97.5 Å². The van der Waals surface area contributed by atoms with E-state index < -0.39 is 17.7 Å². The van der Waals surface area contributed by atoms with Crippen LogP contribution in [0.4, 0.5) is 13.2 Å². The molecule has 0 spiro atoms. The number of ether oxygens (including phenoxy) is 2. The Hall–Kier alpha value is -0.820. The Morgan fingerprint density at radius 1 is 1.41 bits per heavy atom. The molecule has 1 N–H and O–H groups in total. The maximum atomic E-state index is 12.5. The fourth-order valence-electron chi connectivity index (χ4n) is 1.41. The standard InChI is InChI=1S/C10H16F3NO3/c1-2-17-8(15)7-16-6-5-14-9(3-4-9)10(11,12)13/h14H,2-7H2,1H3. The molecule has 17 heavy (non-hydrogen) atoms. The smallest absolute Gasteiger partial charge is 0.406 e. The van der Waals surface area contributed by atoms with Gasteiger partial charge in [-0.25, -0.2) is 4.79 Å². The summed E-state index contributed by atoms with van der Waals surface area (Å²) < 4.78 is 46.8. The first-order valence-corrected chi connectivity index (χ1v) is 5.46. The van der Waals surface area contributed by atoms with Crippen molar-refractivity contribution < 1.29 is 27.4 Å². The molecule has 1 saturated carbocycles. The second-order valence-electron chi connectivity index (χ2n) is 3.86. The highest BCUT2D eigenvalue weighted by molar-refractivity contribution is 5.70. The molecule has 0 radical (unpaired) electrons. The molecule has 7 heteroatoms. The lowest BCUT2D eigenvalue weighted by atomic mass is 10.2. The van der Waals surface area contributed by atoms with Crippen LogP contribution in [0.5, 0.6) is 0 Å². The molecule has 100 valence electrons. The third-order valence-electron chi connectivity index (χ3n) is 2.53. The number of carbonyl (C=O) groups excluding carboxylic acids is 1. The summed E-state index contributed by atoms with van der Waals surface area (Å²) in [4.78, 5) is 10.8. The predicted molar refractivity (Wildman–Crippen MR) is 53.5 cm³/mol. The number of nitrogens with one attached hydrogen (secondary N) is 1. The fraction of sp³-hybridized carbons (Fsp3) is 0.900. The minimum absolute atomic E-state index is 0.0522. The molecule has 0 amide bonds. The quantitative estimate of drug-likeness (QED) is 0.549. The second kappa shape index (κ2) is 5.68. The number of esters is 1. The van der Waals surface area contributed by atoms with Gasteiger partial charge >= 0.3 is 12.1 Å². The first-order valence-electron chi connectivity index (χ1n) is 5.46.